The number of rotatable bonds is 17. The van der Waals surface area contributed by atoms with Gasteiger partial charge in [-0.3, -0.25) is 24.0 Å². The molecule has 3 atom stereocenters. The zero-order valence-electron chi connectivity index (χ0n) is 23.5. The summed E-state index contributed by atoms with van der Waals surface area (Å²) in [4.78, 5) is 65.0. The van der Waals surface area contributed by atoms with Gasteiger partial charge in [0.15, 0.2) is 5.78 Å². The van der Waals surface area contributed by atoms with Crippen molar-refractivity contribution in [2.24, 2.45) is 11.8 Å². The van der Waals surface area contributed by atoms with E-state index < -0.39 is 29.9 Å². The third kappa shape index (κ3) is 12.8. The van der Waals surface area contributed by atoms with E-state index >= 15 is 0 Å². The van der Waals surface area contributed by atoms with Crippen molar-refractivity contribution in [1.82, 2.24) is 20.9 Å². The summed E-state index contributed by atoms with van der Waals surface area (Å²) in [5.41, 5.74) is 0.329. The van der Waals surface area contributed by atoms with Gasteiger partial charge in [0.05, 0.1) is 6.04 Å². The van der Waals surface area contributed by atoms with Crippen LogP contribution in [0.1, 0.15) is 86.5 Å². The van der Waals surface area contributed by atoms with Crippen LogP contribution in [0.15, 0.2) is 12.2 Å². The van der Waals surface area contributed by atoms with Crippen LogP contribution in [0.4, 0.5) is 0 Å². The number of carbonyl (C=O) groups excluding carboxylic acids is 5. The monoisotopic (exact) mass is 508 g/mol. The minimum atomic E-state index is -1.05. The second-order valence-corrected chi connectivity index (χ2v) is 10.5. The molecule has 0 aromatic carbocycles. The molecular weight excluding hydrogens is 460 g/mol. The zero-order valence-corrected chi connectivity index (χ0v) is 23.5. The molecule has 0 heterocycles. The Balaban J connectivity index is 5.69. The first-order valence-corrected chi connectivity index (χ1v) is 13.0. The topological polar surface area (TPSA) is 125 Å². The van der Waals surface area contributed by atoms with Crippen LogP contribution in [0.25, 0.3) is 0 Å². The van der Waals surface area contributed by atoms with Crippen LogP contribution in [0.3, 0.4) is 0 Å². The maximum atomic E-state index is 13.2. The van der Waals surface area contributed by atoms with Crippen molar-refractivity contribution in [1.29, 1.82) is 0 Å². The van der Waals surface area contributed by atoms with Crippen LogP contribution >= 0.6 is 0 Å². The maximum Gasteiger partial charge on any atom is 0.243 e. The van der Waals surface area contributed by atoms with Gasteiger partial charge in [-0.1, -0.05) is 54.0 Å². The summed E-state index contributed by atoms with van der Waals surface area (Å²) in [6, 6.07) is -2.66. The summed E-state index contributed by atoms with van der Waals surface area (Å²) < 4.78 is 0. The molecule has 9 nitrogen and oxygen atoms in total. The fourth-order valence-corrected chi connectivity index (χ4v) is 3.61. The lowest BCUT2D eigenvalue weighted by molar-refractivity contribution is -0.134. The quantitative estimate of drug-likeness (QED) is 0.206. The van der Waals surface area contributed by atoms with Gasteiger partial charge in [-0.2, -0.15) is 0 Å². The number of Topliss-reactive ketones (excluding diaryl/α,β-unsaturated/α-hetero) is 1. The number of nitrogens with zero attached hydrogens (tertiary/aromatic N) is 1. The van der Waals surface area contributed by atoms with Crippen molar-refractivity contribution in [2.45, 2.75) is 105 Å². The number of hydrogen-bond donors (Lipinski definition) is 3. The van der Waals surface area contributed by atoms with Gasteiger partial charge in [0.25, 0.3) is 0 Å². The minimum Gasteiger partial charge on any atom is -0.349 e. The van der Waals surface area contributed by atoms with Crippen molar-refractivity contribution in [2.75, 3.05) is 14.1 Å². The van der Waals surface area contributed by atoms with Gasteiger partial charge in [0.1, 0.15) is 12.1 Å². The number of carbonyl (C=O) groups is 5. The van der Waals surface area contributed by atoms with E-state index in [1.807, 2.05) is 34.6 Å². The smallest absolute Gasteiger partial charge is 0.243 e. The van der Waals surface area contributed by atoms with Crippen LogP contribution in [0.2, 0.25) is 0 Å². The normalized spacial score (nSPS) is 13.5. The summed E-state index contributed by atoms with van der Waals surface area (Å²) in [6.45, 7) is 14.8. The van der Waals surface area contributed by atoms with Gasteiger partial charge in [-0.25, -0.2) is 0 Å². The van der Waals surface area contributed by atoms with Gasteiger partial charge in [-0.05, 0) is 43.6 Å². The SMILES string of the molecule is C=C(C)C(=O)C(CC(C)C)NC(=O)C(CCC(=O)N(C)C)NC(=O)C(NC(=O)CCCCC)C(C)C. The Morgan fingerprint density at radius 3 is 1.89 bits per heavy atom. The van der Waals surface area contributed by atoms with E-state index in [4.69, 9.17) is 0 Å². The number of nitrogens with one attached hydrogen (secondary N) is 3. The van der Waals surface area contributed by atoms with Crippen molar-refractivity contribution >= 4 is 29.4 Å². The average molecular weight is 509 g/mol. The molecule has 0 aromatic rings. The number of amides is 4. The van der Waals surface area contributed by atoms with E-state index in [-0.39, 0.29) is 42.3 Å². The molecule has 0 saturated heterocycles. The predicted molar refractivity (Wildman–Crippen MR) is 142 cm³/mol. The van der Waals surface area contributed by atoms with Crippen molar-refractivity contribution in [3.8, 4) is 0 Å². The molecule has 9 heteroatoms. The average Bonchev–Trinajstić information content (AvgIpc) is 2.78. The molecule has 0 spiro atoms. The second kappa shape index (κ2) is 16.9. The van der Waals surface area contributed by atoms with Crippen molar-refractivity contribution < 1.29 is 24.0 Å². The van der Waals surface area contributed by atoms with Crippen LogP contribution in [-0.4, -0.2) is 66.5 Å². The van der Waals surface area contributed by atoms with E-state index in [0.29, 0.717) is 18.4 Å². The van der Waals surface area contributed by atoms with E-state index in [1.54, 1.807) is 21.0 Å². The molecule has 206 valence electrons. The van der Waals surface area contributed by atoms with E-state index in [2.05, 4.69) is 22.5 Å². The first-order chi connectivity index (χ1) is 16.7. The fraction of sp³-hybridized carbons (Fsp3) is 0.741. The minimum absolute atomic E-state index is 0.0321. The third-order valence-electron chi connectivity index (χ3n) is 5.81. The van der Waals surface area contributed by atoms with Crippen LogP contribution in [-0.2, 0) is 24.0 Å². The molecule has 0 aliphatic heterocycles. The van der Waals surface area contributed by atoms with Gasteiger partial charge in [0.2, 0.25) is 23.6 Å². The Labute approximate surface area is 217 Å². The highest BCUT2D eigenvalue weighted by Crippen LogP contribution is 2.12. The van der Waals surface area contributed by atoms with Crippen LogP contribution in [0.5, 0.6) is 0 Å². The van der Waals surface area contributed by atoms with Crippen LogP contribution < -0.4 is 16.0 Å². The van der Waals surface area contributed by atoms with Gasteiger partial charge in [0, 0.05) is 26.9 Å². The molecule has 0 rings (SSSR count). The van der Waals surface area contributed by atoms with Crippen molar-refractivity contribution in [3.05, 3.63) is 12.2 Å². The molecule has 4 amide bonds. The number of unbranched alkanes of at least 4 members (excludes halogenated alkanes) is 2. The van der Waals surface area contributed by atoms with E-state index in [0.717, 1.165) is 19.3 Å². The molecular formula is C27H48N4O5. The van der Waals surface area contributed by atoms with Crippen molar-refractivity contribution in [3.63, 3.8) is 0 Å². The summed E-state index contributed by atoms with van der Waals surface area (Å²) in [5.74, 6) is -1.81. The van der Waals surface area contributed by atoms with Gasteiger partial charge >= 0.3 is 0 Å². The summed E-state index contributed by atoms with van der Waals surface area (Å²) in [5, 5.41) is 8.26. The third-order valence-corrected chi connectivity index (χ3v) is 5.81. The molecule has 0 aliphatic rings. The molecule has 0 aromatic heterocycles. The first kappa shape index (κ1) is 33.3. The Morgan fingerprint density at radius 1 is 0.833 bits per heavy atom. The highest BCUT2D eigenvalue weighted by molar-refractivity contribution is 6.01. The molecule has 0 bridgehead atoms. The molecule has 36 heavy (non-hydrogen) atoms. The molecule has 3 N–H and O–H groups in total. The standard InChI is InChI=1S/C27H48N4O5/c1-10-11-12-13-22(32)30-24(18(4)5)27(36)28-20(14-15-23(33)31(8)9)26(35)29-21(16-17(2)3)25(34)19(6)7/h17-18,20-21,24H,6,10-16H2,1-5,7-9H3,(H,28,36)(H,29,35)(H,30,32). The predicted octanol–water partition coefficient (Wildman–Crippen LogP) is 2.74. The van der Waals surface area contributed by atoms with Gasteiger partial charge in [-0.15, -0.1) is 0 Å². The lowest BCUT2D eigenvalue weighted by atomic mass is 9.96. The Kier molecular flexibility index (Phi) is 15.6. The molecule has 0 aliphatic carbocycles. The summed E-state index contributed by atoms with van der Waals surface area (Å²) in [7, 11) is 3.23. The number of ketones is 1. The molecule has 3 unspecified atom stereocenters. The maximum absolute atomic E-state index is 13.2. The molecule has 0 saturated carbocycles. The van der Waals surface area contributed by atoms with Gasteiger partial charge < -0.3 is 20.9 Å². The zero-order chi connectivity index (χ0) is 28.0. The fourth-order valence-electron chi connectivity index (χ4n) is 3.61. The lowest BCUT2D eigenvalue weighted by Crippen LogP contribution is -2.57. The highest BCUT2D eigenvalue weighted by Gasteiger charge is 2.31. The lowest BCUT2D eigenvalue weighted by Gasteiger charge is -2.27. The Hall–Kier alpha value is -2.71. The summed E-state index contributed by atoms with van der Waals surface area (Å²) in [6.07, 6.45) is 3.47. The first-order valence-electron chi connectivity index (χ1n) is 13.0. The molecule has 0 radical (unpaired) electrons. The highest BCUT2D eigenvalue weighted by atomic mass is 16.2. The Morgan fingerprint density at radius 2 is 1.42 bits per heavy atom. The molecule has 0 fully saturated rings. The Bertz CT molecular complexity index is 776. The number of hydrogen-bond acceptors (Lipinski definition) is 5. The van der Waals surface area contributed by atoms with Crippen LogP contribution in [0, 0.1) is 11.8 Å². The largest absolute Gasteiger partial charge is 0.349 e. The van der Waals surface area contributed by atoms with E-state index in [1.165, 1.54) is 4.90 Å². The summed E-state index contributed by atoms with van der Waals surface area (Å²) >= 11 is 0. The second-order valence-electron chi connectivity index (χ2n) is 10.5. The van der Waals surface area contributed by atoms with E-state index in [9.17, 15) is 24.0 Å².